The molecular weight excluding hydrogens is 519 g/mol. The van der Waals surface area contributed by atoms with Gasteiger partial charge in [-0.1, -0.05) is 24.3 Å². The summed E-state index contributed by atoms with van der Waals surface area (Å²) in [5, 5.41) is 4.85. The molecule has 1 aliphatic rings. The normalized spacial score (nSPS) is 14.3. The first-order valence-corrected chi connectivity index (χ1v) is 13.2. The van der Waals surface area contributed by atoms with Gasteiger partial charge >= 0.3 is 0 Å². The molecule has 1 fully saturated rings. The number of amides is 3. The number of hydrogen-bond donors (Lipinski definition) is 1. The van der Waals surface area contributed by atoms with Crippen molar-refractivity contribution < 1.29 is 18.8 Å². The zero-order valence-corrected chi connectivity index (χ0v) is 21.2. The van der Waals surface area contributed by atoms with Gasteiger partial charge in [-0.05, 0) is 60.2 Å². The van der Waals surface area contributed by atoms with Crippen molar-refractivity contribution in [3.05, 3.63) is 92.5 Å². The Kier molecular flexibility index (Phi) is 6.77. The molecule has 2 aromatic heterocycles. The van der Waals surface area contributed by atoms with Crippen LogP contribution in [0.5, 0.6) is 0 Å². The number of nitrogens with one attached hydrogen (secondary N) is 1. The predicted octanol–water partition coefficient (Wildman–Crippen LogP) is 5.89. The number of thiazole rings is 2. The lowest BCUT2D eigenvalue weighted by Crippen LogP contribution is -2.30. The number of nitrogens with zero attached hydrogens (tertiary/aromatic N) is 3. The second kappa shape index (κ2) is 10.1. The van der Waals surface area contributed by atoms with E-state index in [9.17, 15) is 18.8 Å². The van der Waals surface area contributed by atoms with Crippen molar-refractivity contribution in [3.8, 4) is 10.6 Å². The molecule has 0 bridgehead atoms. The van der Waals surface area contributed by atoms with E-state index in [2.05, 4.69) is 15.3 Å². The lowest BCUT2D eigenvalue weighted by molar-refractivity contribution is -0.115. The summed E-state index contributed by atoms with van der Waals surface area (Å²) in [6.07, 6.45) is 3.29. The second-order valence-corrected chi connectivity index (χ2v) is 10.6. The molecule has 36 heavy (non-hydrogen) atoms. The number of anilines is 1. The number of benzene rings is 2. The molecule has 11 heteroatoms. The van der Waals surface area contributed by atoms with Crippen molar-refractivity contribution in [2.75, 3.05) is 4.90 Å². The van der Waals surface area contributed by atoms with Gasteiger partial charge in [0, 0.05) is 17.1 Å². The van der Waals surface area contributed by atoms with E-state index >= 15 is 0 Å². The van der Waals surface area contributed by atoms with E-state index in [-0.39, 0.29) is 23.5 Å². The van der Waals surface area contributed by atoms with Crippen molar-refractivity contribution in [3.63, 3.8) is 0 Å². The number of aromatic nitrogens is 2. The number of aryl methyl sites for hydroxylation is 1. The third kappa shape index (κ3) is 5.13. The third-order valence-corrected chi connectivity index (χ3v) is 8.04. The van der Waals surface area contributed by atoms with Crippen LogP contribution in [0, 0.1) is 12.7 Å². The highest BCUT2D eigenvalue weighted by Crippen LogP contribution is 2.32. The van der Waals surface area contributed by atoms with Gasteiger partial charge in [-0.3, -0.25) is 24.6 Å². The van der Waals surface area contributed by atoms with Crippen LogP contribution in [0.15, 0.2) is 65.0 Å². The Balaban J connectivity index is 1.40. The van der Waals surface area contributed by atoms with E-state index in [0.29, 0.717) is 25.6 Å². The fraction of sp³-hybridized carbons (Fsp3) is 0.0800. The first-order valence-electron chi connectivity index (χ1n) is 10.7. The Hall–Kier alpha value is -3.67. The number of thioether (sulfide) groups is 1. The quantitative estimate of drug-likeness (QED) is 0.309. The molecule has 1 N–H and O–H groups in total. The summed E-state index contributed by atoms with van der Waals surface area (Å²) in [4.78, 5) is 48.1. The minimum atomic E-state index is -0.408. The molecule has 180 valence electrons. The Morgan fingerprint density at radius 2 is 1.86 bits per heavy atom. The van der Waals surface area contributed by atoms with Crippen LogP contribution in [0.25, 0.3) is 16.6 Å². The Bertz CT molecular complexity index is 1480. The summed E-state index contributed by atoms with van der Waals surface area (Å²) in [5.41, 5.74) is 2.96. The van der Waals surface area contributed by atoms with Crippen molar-refractivity contribution in [1.29, 1.82) is 0 Å². The third-order valence-electron chi connectivity index (χ3n) is 5.24. The first-order chi connectivity index (χ1) is 17.4. The van der Waals surface area contributed by atoms with Gasteiger partial charge in [0.2, 0.25) is 0 Å². The molecule has 7 nitrogen and oxygen atoms in total. The molecule has 0 atom stereocenters. The number of imide groups is 1. The van der Waals surface area contributed by atoms with Gasteiger partial charge in [-0.15, -0.1) is 22.7 Å². The molecule has 0 unspecified atom stereocenters. The minimum absolute atomic E-state index is 0.225. The largest absolute Gasteiger partial charge is 0.290 e. The molecule has 3 heterocycles. The lowest BCUT2D eigenvalue weighted by atomic mass is 10.1. The molecular formula is C25H17FN4O3S3. The summed E-state index contributed by atoms with van der Waals surface area (Å²) in [7, 11) is 0. The van der Waals surface area contributed by atoms with E-state index in [1.807, 2.05) is 24.3 Å². The molecule has 2 aromatic carbocycles. The highest BCUT2D eigenvalue weighted by molar-refractivity contribution is 8.18. The molecule has 1 aliphatic heterocycles. The van der Waals surface area contributed by atoms with Gasteiger partial charge < -0.3 is 0 Å². The van der Waals surface area contributed by atoms with Gasteiger partial charge in [0.15, 0.2) is 5.13 Å². The van der Waals surface area contributed by atoms with E-state index in [0.717, 1.165) is 28.5 Å². The standard InChI is InChI=1S/C25H17FN4O3S3/c1-14-20(36-22(28-14)17-6-8-18(26)9-7-17)23(32)30(24-27-10-11-34-24)13-16-4-2-15(3-5-16)12-19-21(31)29-25(33)35-19/h2-12H,13H2,1H3,(H,29,31,33)/b19-12+. The van der Waals surface area contributed by atoms with Crippen LogP contribution >= 0.6 is 34.4 Å². The zero-order chi connectivity index (χ0) is 25.2. The molecule has 1 saturated heterocycles. The van der Waals surface area contributed by atoms with E-state index in [4.69, 9.17) is 0 Å². The maximum atomic E-state index is 13.6. The monoisotopic (exact) mass is 536 g/mol. The maximum Gasteiger partial charge on any atom is 0.290 e. The smallest absolute Gasteiger partial charge is 0.282 e. The van der Waals surface area contributed by atoms with E-state index < -0.39 is 5.91 Å². The predicted molar refractivity (Wildman–Crippen MR) is 140 cm³/mol. The average molecular weight is 537 g/mol. The molecule has 0 spiro atoms. The maximum absolute atomic E-state index is 13.6. The van der Waals surface area contributed by atoms with Gasteiger partial charge in [0.05, 0.1) is 17.1 Å². The SMILES string of the molecule is Cc1nc(-c2ccc(F)cc2)sc1C(=O)N(Cc1ccc(/C=C2/SC(=O)NC2=O)cc1)c1nccs1. The lowest BCUT2D eigenvalue weighted by Gasteiger charge is -2.19. The summed E-state index contributed by atoms with van der Waals surface area (Å²) in [6.45, 7) is 2.06. The fourth-order valence-electron chi connectivity index (χ4n) is 3.48. The Labute approximate surface area is 217 Å². The molecule has 3 amide bonds. The highest BCUT2D eigenvalue weighted by Gasteiger charge is 2.26. The van der Waals surface area contributed by atoms with Gasteiger partial charge in [0.1, 0.15) is 15.7 Å². The molecule has 0 saturated carbocycles. The fourth-order valence-corrected chi connectivity index (χ4v) is 5.83. The van der Waals surface area contributed by atoms with Crippen molar-refractivity contribution >= 4 is 62.7 Å². The number of carbonyl (C=O) groups excluding carboxylic acids is 3. The molecule has 0 radical (unpaired) electrons. The van der Waals surface area contributed by atoms with Crippen LogP contribution in [-0.4, -0.2) is 27.0 Å². The van der Waals surface area contributed by atoms with E-state index in [1.54, 1.807) is 41.6 Å². The van der Waals surface area contributed by atoms with Crippen LogP contribution in [0.3, 0.4) is 0 Å². The van der Waals surface area contributed by atoms with Crippen LogP contribution in [0.2, 0.25) is 0 Å². The average Bonchev–Trinajstić information content (AvgIpc) is 3.60. The molecule has 4 aromatic rings. The summed E-state index contributed by atoms with van der Waals surface area (Å²) >= 11 is 3.48. The van der Waals surface area contributed by atoms with Crippen LogP contribution < -0.4 is 10.2 Å². The van der Waals surface area contributed by atoms with Crippen molar-refractivity contribution in [2.45, 2.75) is 13.5 Å². The van der Waals surface area contributed by atoms with Crippen LogP contribution in [0.1, 0.15) is 26.5 Å². The number of rotatable bonds is 6. The number of halogens is 1. The van der Waals surface area contributed by atoms with Gasteiger partial charge in [-0.2, -0.15) is 0 Å². The van der Waals surface area contributed by atoms with Crippen LogP contribution in [0.4, 0.5) is 14.3 Å². The topological polar surface area (TPSA) is 92.3 Å². The molecule has 0 aliphatic carbocycles. The number of hydrogen-bond acceptors (Lipinski definition) is 8. The van der Waals surface area contributed by atoms with Crippen LogP contribution in [-0.2, 0) is 11.3 Å². The molecule has 5 rings (SSSR count). The second-order valence-electron chi connectivity index (χ2n) is 7.74. The summed E-state index contributed by atoms with van der Waals surface area (Å²) < 4.78 is 13.3. The summed E-state index contributed by atoms with van der Waals surface area (Å²) in [6, 6.07) is 13.4. The first kappa shape index (κ1) is 24.0. The van der Waals surface area contributed by atoms with Crippen molar-refractivity contribution in [1.82, 2.24) is 15.3 Å². The zero-order valence-electron chi connectivity index (χ0n) is 18.7. The number of carbonyl (C=O) groups is 3. The van der Waals surface area contributed by atoms with Gasteiger partial charge in [-0.25, -0.2) is 14.4 Å². The summed E-state index contributed by atoms with van der Waals surface area (Å²) in [5.74, 6) is -0.967. The van der Waals surface area contributed by atoms with Crippen molar-refractivity contribution in [2.24, 2.45) is 0 Å². The van der Waals surface area contributed by atoms with Gasteiger partial charge in [0.25, 0.3) is 17.1 Å². The minimum Gasteiger partial charge on any atom is -0.282 e. The Morgan fingerprint density at radius 3 is 2.50 bits per heavy atom. The van der Waals surface area contributed by atoms with E-state index in [1.165, 1.54) is 34.8 Å². The highest BCUT2D eigenvalue weighted by atomic mass is 32.2. The Morgan fingerprint density at radius 1 is 1.11 bits per heavy atom.